The minimum Gasteiger partial charge on any atom is -0.481 e. The Balaban J connectivity index is 1.82. The van der Waals surface area contributed by atoms with Gasteiger partial charge in [0, 0.05) is 44.8 Å². The SMILES string of the molecule is O=C(O)CCN1CCN(Cc2cc(F)ccc2F)CC1. The van der Waals surface area contributed by atoms with Crippen LogP contribution < -0.4 is 0 Å². The lowest BCUT2D eigenvalue weighted by atomic mass is 10.1. The van der Waals surface area contributed by atoms with Crippen LogP contribution in [0.1, 0.15) is 12.0 Å². The van der Waals surface area contributed by atoms with E-state index in [2.05, 4.69) is 9.80 Å². The van der Waals surface area contributed by atoms with E-state index < -0.39 is 11.8 Å². The highest BCUT2D eigenvalue weighted by Gasteiger charge is 2.18. The molecule has 0 aromatic heterocycles. The molecule has 0 spiro atoms. The first-order valence-electron chi connectivity index (χ1n) is 6.65. The fourth-order valence-corrected chi connectivity index (χ4v) is 2.33. The molecule has 0 aliphatic carbocycles. The number of nitrogens with zero attached hydrogens (tertiary/aromatic N) is 2. The average Bonchev–Trinajstić information content (AvgIpc) is 2.42. The van der Waals surface area contributed by atoms with Crippen LogP contribution in [0.2, 0.25) is 0 Å². The molecule has 2 rings (SSSR count). The van der Waals surface area contributed by atoms with Gasteiger partial charge in [-0.05, 0) is 18.2 Å². The van der Waals surface area contributed by atoms with Crippen molar-refractivity contribution < 1.29 is 18.7 Å². The minimum absolute atomic E-state index is 0.137. The van der Waals surface area contributed by atoms with E-state index in [9.17, 15) is 13.6 Å². The number of piperazine rings is 1. The van der Waals surface area contributed by atoms with Crippen molar-refractivity contribution in [3.8, 4) is 0 Å². The van der Waals surface area contributed by atoms with Gasteiger partial charge in [0.05, 0.1) is 6.42 Å². The maximum absolute atomic E-state index is 13.5. The Bertz CT molecular complexity index is 474. The summed E-state index contributed by atoms with van der Waals surface area (Å²) in [6.07, 6.45) is 0.137. The number of carbonyl (C=O) groups is 1. The van der Waals surface area contributed by atoms with Crippen molar-refractivity contribution in [2.75, 3.05) is 32.7 Å². The van der Waals surface area contributed by atoms with Crippen molar-refractivity contribution in [1.82, 2.24) is 9.80 Å². The van der Waals surface area contributed by atoms with Gasteiger partial charge in [-0.2, -0.15) is 0 Å². The minimum atomic E-state index is -0.797. The average molecular weight is 284 g/mol. The van der Waals surface area contributed by atoms with Crippen molar-refractivity contribution in [2.24, 2.45) is 0 Å². The molecule has 0 bridgehead atoms. The second-order valence-corrected chi connectivity index (χ2v) is 5.00. The number of carboxylic acid groups (broad SMARTS) is 1. The maximum atomic E-state index is 13.5. The van der Waals surface area contributed by atoms with Gasteiger partial charge in [0.1, 0.15) is 11.6 Å². The molecule has 1 saturated heterocycles. The van der Waals surface area contributed by atoms with Gasteiger partial charge in [-0.15, -0.1) is 0 Å². The summed E-state index contributed by atoms with van der Waals surface area (Å²) in [5.74, 6) is -1.62. The van der Waals surface area contributed by atoms with Crippen molar-refractivity contribution in [3.05, 3.63) is 35.4 Å². The number of halogens is 2. The largest absolute Gasteiger partial charge is 0.481 e. The second kappa shape index (κ2) is 6.76. The third-order valence-corrected chi connectivity index (χ3v) is 3.51. The number of benzene rings is 1. The fraction of sp³-hybridized carbons (Fsp3) is 0.500. The zero-order chi connectivity index (χ0) is 14.5. The summed E-state index contributed by atoms with van der Waals surface area (Å²) in [7, 11) is 0. The van der Waals surface area contributed by atoms with Gasteiger partial charge in [-0.25, -0.2) is 8.78 Å². The Hall–Kier alpha value is -1.53. The van der Waals surface area contributed by atoms with Gasteiger partial charge in [-0.3, -0.25) is 9.69 Å². The van der Waals surface area contributed by atoms with Crippen LogP contribution >= 0.6 is 0 Å². The number of hydrogen-bond acceptors (Lipinski definition) is 3. The van der Waals surface area contributed by atoms with E-state index in [1.165, 1.54) is 6.07 Å². The molecule has 110 valence electrons. The molecule has 0 radical (unpaired) electrons. The molecule has 1 aliphatic rings. The Morgan fingerprint density at radius 2 is 1.80 bits per heavy atom. The maximum Gasteiger partial charge on any atom is 0.304 e. The number of carboxylic acids is 1. The van der Waals surface area contributed by atoms with Gasteiger partial charge >= 0.3 is 5.97 Å². The van der Waals surface area contributed by atoms with E-state index in [4.69, 9.17) is 5.11 Å². The third kappa shape index (κ3) is 4.25. The molecule has 6 heteroatoms. The van der Waals surface area contributed by atoms with Gasteiger partial charge in [0.25, 0.3) is 0 Å². The quantitative estimate of drug-likeness (QED) is 0.891. The Morgan fingerprint density at radius 3 is 2.45 bits per heavy atom. The standard InChI is InChI=1S/C14H18F2N2O2/c15-12-1-2-13(16)11(9-12)10-18-7-5-17(6-8-18)4-3-14(19)20/h1-2,9H,3-8,10H2,(H,19,20). The normalized spacial score (nSPS) is 17.3. The fourth-order valence-electron chi connectivity index (χ4n) is 2.33. The molecule has 1 aliphatic heterocycles. The van der Waals surface area contributed by atoms with Crippen molar-refractivity contribution in [3.63, 3.8) is 0 Å². The molecule has 0 amide bonds. The molecular weight excluding hydrogens is 266 g/mol. The smallest absolute Gasteiger partial charge is 0.304 e. The van der Waals surface area contributed by atoms with E-state index in [0.717, 1.165) is 38.3 Å². The Labute approximate surface area is 116 Å². The monoisotopic (exact) mass is 284 g/mol. The zero-order valence-corrected chi connectivity index (χ0v) is 11.2. The predicted molar refractivity (Wildman–Crippen MR) is 70.3 cm³/mol. The van der Waals surface area contributed by atoms with E-state index in [0.29, 0.717) is 18.7 Å². The van der Waals surface area contributed by atoms with Crippen LogP contribution in [0.15, 0.2) is 18.2 Å². The van der Waals surface area contributed by atoms with Gasteiger partial charge in [-0.1, -0.05) is 0 Å². The van der Waals surface area contributed by atoms with Crippen LogP contribution in [0.4, 0.5) is 8.78 Å². The van der Waals surface area contributed by atoms with E-state index >= 15 is 0 Å². The number of aliphatic carboxylic acids is 1. The first-order valence-corrected chi connectivity index (χ1v) is 6.65. The third-order valence-electron chi connectivity index (χ3n) is 3.51. The van der Waals surface area contributed by atoms with Crippen LogP contribution in [0.25, 0.3) is 0 Å². The van der Waals surface area contributed by atoms with Gasteiger partial charge in [0.2, 0.25) is 0 Å². The molecule has 1 N–H and O–H groups in total. The molecule has 20 heavy (non-hydrogen) atoms. The zero-order valence-electron chi connectivity index (χ0n) is 11.2. The molecule has 1 fully saturated rings. The number of rotatable bonds is 5. The summed E-state index contributed by atoms with van der Waals surface area (Å²) >= 11 is 0. The van der Waals surface area contributed by atoms with Crippen molar-refractivity contribution in [2.45, 2.75) is 13.0 Å². The predicted octanol–water partition coefficient (Wildman–Crippen LogP) is 1.56. The lowest BCUT2D eigenvalue weighted by Crippen LogP contribution is -2.46. The molecule has 0 unspecified atom stereocenters. The van der Waals surface area contributed by atoms with Crippen LogP contribution in [0.5, 0.6) is 0 Å². The van der Waals surface area contributed by atoms with Crippen LogP contribution in [0, 0.1) is 11.6 Å². The molecular formula is C14H18F2N2O2. The summed E-state index contributed by atoms with van der Waals surface area (Å²) in [6, 6.07) is 3.49. The Kier molecular flexibility index (Phi) is 5.03. The van der Waals surface area contributed by atoms with Gasteiger partial charge < -0.3 is 10.0 Å². The summed E-state index contributed by atoms with van der Waals surface area (Å²) in [5.41, 5.74) is 0.365. The first kappa shape index (κ1) is 14.9. The molecule has 0 saturated carbocycles. The highest BCUT2D eigenvalue weighted by molar-refractivity contribution is 5.66. The number of hydrogen-bond donors (Lipinski definition) is 1. The molecule has 4 nitrogen and oxygen atoms in total. The summed E-state index contributed by atoms with van der Waals surface area (Å²) in [4.78, 5) is 14.6. The molecule has 1 heterocycles. The first-order chi connectivity index (χ1) is 9.54. The highest BCUT2D eigenvalue weighted by Crippen LogP contribution is 2.14. The van der Waals surface area contributed by atoms with Crippen LogP contribution in [-0.4, -0.2) is 53.6 Å². The van der Waals surface area contributed by atoms with E-state index in [1.807, 2.05) is 0 Å². The van der Waals surface area contributed by atoms with Crippen LogP contribution in [-0.2, 0) is 11.3 Å². The molecule has 1 aromatic rings. The van der Waals surface area contributed by atoms with Crippen molar-refractivity contribution >= 4 is 5.97 Å². The summed E-state index contributed by atoms with van der Waals surface area (Å²) in [6.45, 7) is 3.90. The molecule has 1 aromatic carbocycles. The Morgan fingerprint density at radius 1 is 1.15 bits per heavy atom. The second-order valence-electron chi connectivity index (χ2n) is 5.00. The van der Waals surface area contributed by atoms with E-state index in [-0.39, 0.29) is 12.2 Å². The highest BCUT2D eigenvalue weighted by atomic mass is 19.1. The van der Waals surface area contributed by atoms with Crippen LogP contribution in [0.3, 0.4) is 0 Å². The van der Waals surface area contributed by atoms with Crippen molar-refractivity contribution in [1.29, 1.82) is 0 Å². The summed E-state index contributed by atoms with van der Waals surface area (Å²) in [5, 5.41) is 8.63. The lowest BCUT2D eigenvalue weighted by molar-refractivity contribution is -0.137. The lowest BCUT2D eigenvalue weighted by Gasteiger charge is -2.34. The van der Waals surface area contributed by atoms with Gasteiger partial charge in [0.15, 0.2) is 0 Å². The topological polar surface area (TPSA) is 43.8 Å². The summed E-state index contributed by atoms with van der Waals surface area (Å²) < 4.78 is 26.6. The van der Waals surface area contributed by atoms with E-state index in [1.54, 1.807) is 0 Å². The molecule has 0 atom stereocenters.